The molecule has 4 heterocycles. The first-order valence-corrected chi connectivity index (χ1v) is 10.7. The molecule has 0 fully saturated rings. The van der Waals surface area contributed by atoms with Crippen molar-refractivity contribution >= 4 is 27.5 Å². The minimum absolute atomic E-state index is 0.788. The number of hydrogen-bond acceptors (Lipinski definition) is 3. The van der Waals surface area contributed by atoms with Gasteiger partial charge >= 0.3 is 0 Å². The smallest absolute Gasteiger partial charge is 0.0589 e. The highest BCUT2D eigenvalue weighted by molar-refractivity contribution is 5.90. The van der Waals surface area contributed by atoms with E-state index in [1.807, 2.05) is 78.5 Å². The summed E-state index contributed by atoms with van der Waals surface area (Å²) in [5.41, 5.74) is 10.0. The van der Waals surface area contributed by atoms with E-state index in [1.54, 1.807) is 12.4 Å². The van der Waals surface area contributed by atoms with Crippen LogP contribution < -0.4 is 5.73 Å². The largest absolute Gasteiger partial charge is 0.397 e. The molecular weight excluding hydrogens is 358 g/mol. The van der Waals surface area contributed by atoms with Crippen LogP contribution in [0.5, 0.6) is 0 Å². The third-order valence-electron chi connectivity index (χ3n) is 4.06. The fourth-order valence-electron chi connectivity index (χ4n) is 2.81. The topological polar surface area (TPSA) is 61.7 Å². The molecular formula is C24H39N5. The summed E-state index contributed by atoms with van der Waals surface area (Å²) in [6.07, 6.45) is 9.42. The zero-order valence-electron chi connectivity index (χ0n) is 19.7. The minimum atomic E-state index is 0.788. The van der Waals surface area contributed by atoms with E-state index in [4.69, 9.17) is 5.73 Å². The summed E-state index contributed by atoms with van der Waals surface area (Å²) in [7, 11) is 1.97. The molecule has 0 radical (unpaired) electrons. The fourth-order valence-corrected chi connectivity index (χ4v) is 2.81. The summed E-state index contributed by atoms with van der Waals surface area (Å²) in [4.78, 5) is 8.24. The van der Waals surface area contributed by atoms with E-state index in [9.17, 15) is 0 Å². The maximum Gasteiger partial charge on any atom is 0.0589 e. The second-order valence-electron chi connectivity index (χ2n) is 5.52. The first-order valence-electron chi connectivity index (χ1n) is 10.7. The fraction of sp³-hybridized carbons (Fsp3) is 0.417. The van der Waals surface area contributed by atoms with Crippen molar-refractivity contribution in [3.05, 3.63) is 54.9 Å². The number of nitrogens with two attached hydrogens (primary N) is 1. The van der Waals surface area contributed by atoms with E-state index >= 15 is 0 Å². The lowest BCUT2D eigenvalue weighted by molar-refractivity contribution is 0.797. The number of anilines is 1. The molecule has 0 aliphatic heterocycles. The average molecular weight is 398 g/mol. The number of aryl methyl sites for hydroxylation is 3. The van der Waals surface area contributed by atoms with Gasteiger partial charge in [0.15, 0.2) is 0 Å². The van der Waals surface area contributed by atoms with Gasteiger partial charge in [-0.15, -0.1) is 0 Å². The lowest BCUT2D eigenvalue weighted by Crippen LogP contribution is -1.91. The van der Waals surface area contributed by atoms with Gasteiger partial charge in [-0.3, -0.25) is 9.97 Å². The quantitative estimate of drug-likeness (QED) is 0.393. The Labute approximate surface area is 176 Å². The van der Waals surface area contributed by atoms with E-state index in [1.165, 1.54) is 10.9 Å². The summed E-state index contributed by atoms with van der Waals surface area (Å²) >= 11 is 0. The molecule has 0 saturated carbocycles. The van der Waals surface area contributed by atoms with Crippen molar-refractivity contribution in [3.8, 4) is 0 Å². The second kappa shape index (κ2) is 14.2. The Bertz CT molecular complexity index is 914. The zero-order valence-corrected chi connectivity index (χ0v) is 19.7. The van der Waals surface area contributed by atoms with E-state index in [2.05, 4.69) is 39.8 Å². The number of pyridine rings is 2. The number of nitrogens with zero attached hydrogens (tertiary/aromatic N) is 4. The monoisotopic (exact) mass is 397 g/mol. The van der Waals surface area contributed by atoms with Gasteiger partial charge in [0.05, 0.1) is 16.7 Å². The van der Waals surface area contributed by atoms with Crippen LogP contribution in [-0.4, -0.2) is 19.1 Å². The first kappa shape index (κ1) is 26.2. The standard InChI is InChI=1S/C10H12N2.C8H9N3.3C2H6/c1-3-12-7-5-9-8(2)11-6-4-10(9)12;1-11-5-7(9)6-4-10-3-2-8(6)11;3*1-2/h4-7H,3H2,1-2H3;2-5H,9H2,1H3;3*1-2H3. The molecule has 0 atom stereocenters. The molecule has 4 aromatic rings. The van der Waals surface area contributed by atoms with E-state index in [0.29, 0.717) is 0 Å². The SMILES string of the molecule is CC.CC.CC.CCn1ccc2c(C)nccc21.Cn1cc(N)c2cnccc21. The van der Waals surface area contributed by atoms with Crippen LogP contribution >= 0.6 is 0 Å². The predicted octanol–water partition coefficient (Wildman–Crippen LogP) is 6.60. The van der Waals surface area contributed by atoms with Crippen LogP contribution in [0.2, 0.25) is 0 Å². The van der Waals surface area contributed by atoms with Crippen molar-refractivity contribution in [3.63, 3.8) is 0 Å². The molecule has 5 nitrogen and oxygen atoms in total. The summed E-state index contributed by atoms with van der Waals surface area (Å²) in [6, 6.07) is 6.14. The third kappa shape index (κ3) is 6.63. The number of hydrogen-bond donors (Lipinski definition) is 1. The number of aromatic nitrogens is 4. The van der Waals surface area contributed by atoms with Gasteiger partial charge in [-0.05, 0) is 32.0 Å². The van der Waals surface area contributed by atoms with Crippen molar-refractivity contribution in [2.45, 2.75) is 61.9 Å². The normalized spacial score (nSPS) is 9.14. The molecule has 0 spiro atoms. The van der Waals surface area contributed by atoms with E-state index in [-0.39, 0.29) is 0 Å². The van der Waals surface area contributed by atoms with Crippen LogP contribution in [0, 0.1) is 6.92 Å². The summed E-state index contributed by atoms with van der Waals surface area (Å²) < 4.78 is 4.22. The van der Waals surface area contributed by atoms with Gasteiger partial charge in [-0.2, -0.15) is 0 Å². The molecule has 4 rings (SSSR count). The Morgan fingerprint density at radius 2 is 1.52 bits per heavy atom. The van der Waals surface area contributed by atoms with E-state index < -0.39 is 0 Å². The van der Waals surface area contributed by atoms with Gasteiger partial charge in [-0.25, -0.2) is 0 Å². The Kier molecular flexibility index (Phi) is 12.8. The van der Waals surface area contributed by atoms with Crippen LogP contribution in [0.4, 0.5) is 5.69 Å². The van der Waals surface area contributed by atoms with Gasteiger partial charge in [0.2, 0.25) is 0 Å². The molecule has 5 heteroatoms. The van der Waals surface area contributed by atoms with Crippen LogP contribution in [0.3, 0.4) is 0 Å². The number of nitrogen functional groups attached to an aromatic ring is 1. The Morgan fingerprint density at radius 1 is 0.897 bits per heavy atom. The molecule has 29 heavy (non-hydrogen) atoms. The van der Waals surface area contributed by atoms with Crippen LogP contribution in [0.25, 0.3) is 21.8 Å². The molecule has 0 bridgehead atoms. The van der Waals surface area contributed by atoms with Crippen LogP contribution in [0.1, 0.15) is 54.2 Å². The molecule has 0 unspecified atom stereocenters. The Morgan fingerprint density at radius 3 is 2.10 bits per heavy atom. The second-order valence-corrected chi connectivity index (χ2v) is 5.52. The molecule has 160 valence electrons. The van der Waals surface area contributed by atoms with Crippen molar-refractivity contribution in [1.82, 2.24) is 19.1 Å². The van der Waals surface area contributed by atoms with Gasteiger partial charge in [0.25, 0.3) is 0 Å². The highest BCUT2D eigenvalue weighted by Crippen LogP contribution is 2.20. The predicted molar refractivity (Wildman–Crippen MR) is 129 cm³/mol. The molecule has 2 N–H and O–H groups in total. The maximum absolute atomic E-state index is 5.72. The average Bonchev–Trinajstić information content (AvgIpc) is 3.35. The van der Waals surface area contributed by atoms with Gasteiger partial charge in [-0.1, -0.05) is 41.5 Å². The minimum Gasteiger partial charge on any atom is -0.397 e. The molecule has 0 aliphatic carbocycles. The summed E-state index contributed by atoms with van der Waals surface area (Å²) in [5.74, 6) is 0. The zero-order chi connectivity index (χ0) is 22.4. The first-order chi connectivity index (χ1) is 14.1. The number of fused-ring (bicyclic) bond motifs is 2. The molecule has 0 aromatic carbocycles. The maximum atomic E-state index is 5.72. The Hall–Kier alpha value is -2.82. The number of rotatable bonds is 1. The van der Waals surface area contributed by atoms with E-state index in [0.717, 1.165) is 28.8 Å². The highest BCUT2D eigenvalue weighted by Gasteiger charge is 2.01. The molecule has 0 aliphatic rings. The van der Waals surface area contributed by atoms with Crippen molar-refractivity contribution in [2.24, 2.45) is 7.05 Å². The Balaban J connectivity index is 0.000000432. The van der Waals surface area contributed by atoms with Gasteiger partial charge in [0.1, 0.15) is 0 Å². The van der Waals surface area contributed by atoms with Crippen LogP contribution in [-0.2, 0) is 13.6 Å². The molecule has 0 amide bonds. The van der Waals surface area contributed by atoms with Crippen molar-refractivity contribution in [1.29, 1.82) is 0 Å². The van der Waals surface area contributed by atoms with Crippen LogP contribution in [0.15, 0.2) is 49.2 Å². The lowest BCUT2D eigenvalue weighted by Gasteiger charge is -2.00. The summed E-state index contributed by atoms with van der Waals surface area (Å²) in [5, 5.41) is 2.29. The molecule has 4 aromatic heterocycles. The third-order valence-corrected chi connectivity index (χ3v) is 4.06. The van der Waals surface area contributed by atoms with Gasteiger partial charge in [0, 0.05) is 61.0 Å². The van der Waals surface area contributed by atoms with Gasteiger partial charge < -0.3 is 14.9 Å². The van der Waals surface area contributed by atoms with Crippen molar-refractivity contribution in [2.75, 3.05) is 5.73 Å². The molecule has 0 saturated heterocycles. The van der Waals surface area contributed by atoms with Crippen molar-refractivity contribution < 1.29 is 0 Å². The summed E-state index contributed by atoms with van der Waals surface area (Å²) in [6.45, 7) is 17.2. The lowest BCUT2D eigenvalue weighted by atomic mass is 10.2. The highest BCUT2D eigenvalue weighted by atomic mass is 14.9.